The smallest absolute Gasteiger partial charge is 0.326 e. The highest BCUT2D eigenvalue weighted by molar-refractivity contribution is 5.86. The van der Waals surface area contributed by atoms with Gasteiger partial charge in [0.1, 0.15) is 6.04 Å². The predicted octanol–water partition coefficient (Wildman–Crippen LogP) is 4.60. The third-order valence-electron chi connectivity index (χ3n) is 6.84. The molecule has 0 heterocycles. The average Bonchev–Trinajstić information content (AvgIpc) is 2.91. The second-order valence-corrected chi connectivity index (χ2v) is 9.94. The lowest BCUT2D eigenvalue weighted by Gasteiger charge is -2.37. The molecule has 0 aromatic heterocycles. The molecule has 5 N–H and O–H groups in total. The van der Waals surface area contributed by atoms with Crippen molar-refractivity contribution in [3.8, 4) is 0 Å². The number of aliphatic carboxylic acids is 1. The van der Waals surface area contributed by atoms with Crippen LogP contribution in [0.2, 0.25) is 0 Å². The Morgan fingerprint density at radius 3 is 1.84 bits per heavy atom. The largest absolute Gasteiger partial charge is 0.480 e. The van der Waals surface area contributed by atoms with Crippen LogP contribution >= 0.6 is 0 Å². The quantitative estimate of drug-likeness (QED) is 0.202. The fraction of sp³-hybridized carbons (Fsp3) is 0.355. The van der Waals surface area contributed by atoms with Crippen molar-refractivity contribution in [1.82, 2.24) is 10.6 Å². The van der Waals surface area contributed by atoms with Crippen LogP contribution in [0.3, 0.4) is 0 Å². The van der Waals surface area contributed by atoms with Gasteiger partial charge < -0.3 is 16.2 Å². The summed E-state index contributed by atoms with van der Waals surface area (Å²) in [6.07, 6.45) is 1.71. The number of unbranched alkanes of at least 4 members (excludes halogenated alkanes) is 1. The lowest BCUT2D eigenvalue weighted by Crippen LogP contribution is -2.50. The molecule has 196 valence electrons. The van der Waals surface area contributed by atoms with Crippen LogP contribution in [0.25, 0.3) is 0 Å². The number of amides is 1. The first-order valence-electron chi connectivity index (χ1n) is 13.0. The van der Waals surface area contributed by atoms with E-state index in [0.717, 1.165) is 23.1 Å². The van der Waals surface area contributed by atoms with E-state index in [1.54, 1.807) is 0 Å². The Kier molecular flexibility index (Phi) is 10.0. The number of nitrogens with one attached hydrogen (secondary N) is 2. The molecule has 6 heteroatoms. The summed E-state index contributed by atoms with van der Waals surface area (Å²) in [6, 6.07) is 27.6. The van der Waals surface area contributed by atoms with Crippen molar-refractivity contribution >= 4 is 11.9 Å². The molecule has 3 aromatic rings. The summed E-state index contributed by atoms with van der Waals surface area (Å²) in [5.41, 5.74) is 9.91. The van der Waals surface area contributed by atoms with Gasteiger partial charge in [-0.2, -0.15) is 0 Å². The minimum absolute atomic E-state index is 0.0653. The van der Waals surface area contributed by atoms with E-state index in [0.29, 0.717) is 19.4 Å². The van der Waals surface area contributed by atoms with Crippen LogP contribution in [0.5, 0.6) is 0 Å². The Bertz CT molecular complexity index is 1090. The number of rotatable bonds is 13. The summed E-state index contributed by atoms with van der Waals surface area (Å²) >= 11 is 0. The Morgan fingerprint density at radius 2 is 1.35 bits per heavy atom. The number of carboxylic acid groups (broad SMARTS) is 1. The van der Waals surface area contributed by atoms with Gasteiger partial charge in [-0.1, -0.05) is 104 Å². The van der Waals surface area contributed by atoms with Gasteiger partial charge in [0.15, 0.2) is 0 Å². The van der Waals surface area contributed by atoms with E-state index in [2.05, 4.69) is 66.1 Å². The number of nitrogens with two attached hydrogens (primary N) is 1. The molecular formula is C31H39N3O3. The first kappa shape index (κ1) is 28.1. The van der Waals surface area contributed by atoms with Gasteiger partial charge in [-0.15, -0.1) is 0 Å². The van der Waals surface area contributed by atoms with Gasteiger partial charge in [0.25, 0.3) is 0 Å². The van der Waals surface area contributed by atoms with Crippen molar-refractivity contribution in [2.45, 2.75) is 57.7 Å². The van der Waals surface area contributed by atoms with Crippen LogP contribution < -0.4 is 16.4 Å². The minimum atomic E-state index is -1.04. The molecule has 0 bridgehead atoms. The van der Waals surface area contributed by atoms with Gasteiger partial charge in [-0.25, -0.2) is 4.79 Å². The molecule has 1 amide bonds. The number of carboxylic acids is 1. The van der Waals surface area contributed by atoms with Crippen molar-refractivity contribution < 1.29 is 14.7 Å². The summed E-state index contributed by atoms with van der Waals surface area (Å²) < 4.78 is 0. The molecule has 2 atom stereocenters. The van der Waals surface area contributed by atoms with Gasteiger partial charge in [0, 0.05) is 0 Å². The van der Waals surface area contributed by atoms with Crippen molar-refractivity contribution in [3.05, 3.63) is 107 Å². The maximum atomic E-state index is 12.3. The molecule has 6 nitrogen and oxygen atoms in total. The van der Waals surface area contributed by atoms with Crippen LogP contribution in [0.4, 0.5) is 0 Å². The van der Waals surface area contributed by atoms with E-state index in [-0.39, 0.29) is 5.92 Å². The Labute approximate surface area is 220 Å². The normalized spacial score (nSPS) is 13.2. The minimum Gasteiger partial charge on any atom is -0.480 e. The van der Waals surface area contributed by atoms with Gasteiger partial charge in [-0.05, 0) is 55.3 Å². The highest BCUT2D eigenvalue weighted by Gasteiger charge is 2.35. The molecule has 0 aliphatic carbocycles. The molecule has 0 spiro atoms. The molecule has 0 radical (unpaired) electrons. The Hall–Kier alpha value is -3.48. The lowest BCUT2D eigenvalue weighted by atomic mass is 9.76. The van der Waals surface area contributed by atoms with E-state index < -0.39 is 29.5 Å². The highest BCUT2D eigenvalue weighted by Crippen LogP contribution is 2.37. The van der Waals surface area contributed by atoms with Crippen molar-refractivity contribution in [1.29, 1.82) is 0 Å². The molecule has 3 aromatic carbocycles. The third kappa shape index (κ3) is 7.06. The standard InChI is InChI=1S/C31H39N3O3/c1-22(2)28(32)29(35)34-27(30(36)37)16-10-11-21-33-31(24-12-6-4-7-13-24,25-14-8-5-9-15-25)26-19-17-23(3)18-20-26/h4-9,12-15,17-20,22,27-28,33H,10-11,16,21,32H2,1-3H3,(H,34,35)(H,36,37)/t27-,28-/m0/s1. The first-order chi connectivity index (χ1) is 17.8. The van der Waals surface area contributed by atoms with Crippen LogP contribution in [0, 0.1) is 12.8 Å². The fourth-order valence-electron chi connectivity index (χ4n) is 4.56. The Balaban J connectivity index is 1.79. The number of benzene rings is 3. The number of hydrogen-bond donors (Lipinski definition) is 4. The van der Waals surface area contributed by atoms with E-state index in [4.69, 9.17) is 5.73 Å². The molecule has 0 aliphatic heterocycles. The van der Waals surface area contributed by atoms with Gasteiger partial charge >= 0.3 is 5.97 Å². The monoisotopic (exact) mass is 501 g/mol. The summed E-state index contributed by atoms with van der Waals surface area (Å²) in [6.45, 7) is 6.41. The summed E-state index contributed by atoms with van der Waals surface area (Å²) in [5.74, 6) is -1.53. The zero-order chi connectivity index (χ0) is 26.8. The maximum Gasteiger partial charge on any atom is 0.326 e. The topological polar surface area (TPSA) is 104 Å². The van der Waals surface area contributed by atoms with E-state index in [1.807, 2.05) is 50.2 Å². The second-order valence-electron chi connectivity index (χ2n) is 9.94. The first-order valence-corrected chi connectivity index (χ1v) is 13.0. The van der Waals surface area contributed by atoms with Crippen LogP contribution in [-0.4, -0.2) is 35.6 Å². The summed E-state index contributed by atoms with van der Waals surface area (Å²) in [7, 11) is 0. The summed E-state index contributed by atoms with van der Waals surface area (Å²) in [5, 5.41) is 16.1. The number of aryl methyl sites for hydroxylation is 1. The van der Waals surface area contributed by atoms with Gasteiger partial charge in [-0.3, -0.25) is 10.1 Å². The van der Waals surface area contributed by atoms with E-state index >= 15 is 0 Å². The van der Waals surface area contributed by atoms with Gasteiger partial charge in [0.05, 0.1) is 11.6 Å². The zero-order valence-corrected chi connectivity index (χ0v) is 22.0. The van der Waals surface area contributed by atoms with E-state index in [9.17, 15) is 14.7 Å². The van der Waals surface area contributed by atoms with E-state index in [1.165, 1.54) is 5.56 Å². The molecule has 0 fully saturated rings. The number of carbonyl (C=O) groups excluding carboxylic acids is 1. The van der Waals surface area contributed by atoms with Crippen molar-refractivity contribution in [2.24, 2.45) is 11.7 Å². The average molecular weight is 502 g/mol. The molecule has 0 unspecified atom stereocenters. The molecule has 37 heavy (non-hydrogen) atoms. The molecule has 0 saturated heterocycles. The maximum absolute atomic E-state index is 12.3. The predicted molar refractivity (Wildman–Crippen MR) is 148 cm³/mol. The van der Waals surface area contributed by atoms with Crippen molar-refractivity contribution in [2.75, 3.05) is 6.54 Å². The van der Waals surface area contributed by atoms with Crippen molar-refractivity contribution in [3.63, 3.8) is 0 Å². The zero-order valence-electron chi connectivity index (χ0n) is 22.0. The molecule has 0 aliphatic rings. The molecule has 3 rings (SSSR count). The fourth-order valence-corrected chi connectivity index (χ4v) is 4.56. The lowest BCUT2D eigenvalue weighted by molar-refractivity contribution is -0.142. The highest BCUT2D eigenvalue weighted by atomic mass is 16.4. The molecule has 0 saturated carbocycles. The number of hydrogen-bond acceptors (Lipinski definition) is 4. The van der Waals surface area contributed by atoms with Crippen LogP contribution in [0.1, 0.15) is 55.4 Å². The SMILES string of the molecule is Cc1ccc(C(NCCCC[C@H](NC(=O)[C@@H](N)C(C)C)C(=O)O)(c2ccccc2)c2ccccc2)cc1. The third-order valence-corrected chi connectivity index (χ3v) is 6.84. The van der Waals surface area contributed by atoms with Crippen LogP contribution in [-0.2, 0) is 15.1 Å². The molecular weight excluding hydrogens is 462 g/mol. The summed E-state index contributed by atoms with van der Waals surface area (Å²) in [4.78, 5) is 24.1. The van der Waals surface area contributed by atoms with Crippen LogP contribution in [0.15, 0.2) is 84.9 Å². The Morgan fingerprint density at radius 1 is 0.838 bits per heavy atom. The second kappa shape index (κ2) is 13.2. The number of carbonyl (C=O) groups is 2. The van der Waals surface area contributed by atoms with Gasteiger partial charge in [0.2, 0.25) is 5.91 Å².